The summed E-state index contributed by atoms with van der Waals surface area (Å²) in [7, 11) is 0. The molecule has 0 spiro atoms. The summed E-state index contributed by atoms with van der Waals surface area (Å²) in [6.07, 6.45) is 2.09. The average molecular weight is 325 g/mol. The molecule has 7 heteroatoms. The molecule has 124 valence electrons. The van der Waals surface area contributed by atoms with Crippen LogP contribution >= 0.6 is 0 Å². The van der Waals surface area contributed by atoms with E-state index in [4.69, 9.17) is 0 Å². The molecule has 0 saturated carbocycles. The van der Waals surface area contributed by atoms with Crippen LogP contribution in [0.15, 0.2) is 36.4 Å². The van der Waals surface area contributed by atoms with Crippen molar-refractivity contribution in [1.29, 1.82) is 0 Å². The maximum absolute atomic E-state index is 12.2. The van der Waals surface area contributed by atoms with Crippen molar-refractivity contribution in [1.82, 2.24) is 15.1 Å². The highest BCUT2D eigenvalue weighted by Gasteiger charge is 2.20. The van der Waals surface area contributed by atoms with E-state index in [2.05, 4.69) is 20.8 Å². The molecule has 0 radical (unpaired) electrons. The van der Waals surface area contributed by atoms with Crippen molar-refractivity contribution in [2.75, 3.05) is 23.7 Å². The molecule has 2 aromatic rings. The summed E-state index contributed by atoms with van der Waals surface area (Å²) in [5.41, 5.74) is 1.82. The van der Waals surface area contributed by atoms with Crippen molar-refractivity contribution in [2.45, 2.75) is 19.8 Å². The Morgan fingerprint density at radius 2 is 1.79 bits per heavy atom. The average Bonchev–Trinajstić information content (AvgIpc) is 3.09. The van der Waals surface area contributed by atoms with E-state index >= 15 is 0 Å². The highest BCUT2D eigenvalue weighted by molar-refractivity contribution is 5.92. The third-order valence-corrected chi connectivity index (χ3v) is 3.73. The van der Waals surface area contributed by atoms with Gasteiger partial charge in [0.15, 0.2) is 11.5 Å². The number of nitrogens with zero attached hydrogens (tertiary/aromatic N) is 3. The van der Waals surface area contributed by atoms with Gasteiger partial charge in [0, 0.05) is 31.4 Å². The Kier molecular flexibility index (Phi) is 4.69. The molecule has 2 N–H and O–H groups in total. The molecule has 2 heterocycles. The lowest BCUT2D eigenvalue weighted by Crippen LogP contribution is -2.28. The zero-order chi connectivity index (χ0) is 16.9. The van der Waals surface area contributed by atoms with Gasteiger partial charge in [0.1, 0.15) is 0 Å². The lowest BCUT2D eigenvalue weighted by molar-refractivity contribution is -0.114. The molecule has 1 saturated heterocycles. The van der Waals surface area contributed by atoms with E-state index in [1.54, 1.807) is 29.2 Å². The number of carbonyl (C=O) groups excluding carboxylic acids is 2. The molecule has 1 fully saturated rings. The van der Waals surface area contributed by atoms with Gasteiger partial charge in [-0.25, -0.2) is 0 Å². The van der Waals surface area contributed by atoms with Gasteiger partial charge < -0.3 is 15.5 Å². The molecule has 0 unspecified atom stereocenters. The third kappa shape index (κ3) is 3.87. The predicted molar refractivity (Wildman–Crippen MR) is 91.2 cm³/mol. The van der Waals surface area contributed by atoms with Gasteiger partial charge in [-0.1, -0.05) is 6.07 Å². The Morgan fingerprint density at radius 1 is 1.04 bits per heavy atom. The molecule has 1 aliphatic rings. The Labute approximate surface area is 140 Å². The fourth-order valence-electron chi connectivity index (χ4n) is 2.62. The quantitative estimate of drug-likeness (QED) is 0.901. The van der Waals surface area contributed by atoms with Crippen LogP contribution in [0.3, 0.4) is 0 Å². The van der Waals surface area contributed by atoms with E-state index in [9.17, 15) is 9.59 Å². The monoisotopic (exact) mass is 325 g/mol. The molecule has 1 aromatic heterocycles. The first-order valence-electron chi connectivity index (χ1n) is 7.89. The standard InChI is InChI=1S/C17H19N5O2/c1-12(23)18-13-5-4-6-14(11-13)19-16-8-7-15(20-21-16)17(24)22-9-2-3-10-22/h4-8,11H,2-3,9-10H2,1H3,(H,18,23)(H,19,21). The van der Waals surface area contributed by atoms with Gasteiger partial charge in [-0.3, -0.25) is 9.59 Å². The SMILES string of the molecule is CC(=O)Nc1cccc(Nc2ccc(C(=O)N3CCCC3)nn2)c1. The molecule has 0 bridgehead atoms. The molecule has 7 nitrogen and oxygen atoms in total. The summed E-state index contributed by atoms with van der Waals surface area (Å²) in [5, 5.41) is 13.9. The number of hydrogen-bond donors (Lipinski definition) is 2. The molecular formula is C17H19N5O2. The molecular weight excluding hydrogens is 306 g/mol. The number of anilines is 3. The lowest BCUT2D eigenvalue weighted by atomic mass is 10.2. The van der Waals surface area contributed by atoms with Gasteiger partial charge in [0.2, 0.25) is 5.91 Å². The topological polar surface area (TPSA) is 87.2 Å². The smallest absolute Gasteiger partial charge is 0.274 e. The van der Waals surface area contributed by atoms with Crippen LogP contribution in [0.4, 0.5) is 17.2 Å². The van der Waals surface area contributed by atoms with E-state index in [0.29, 0.717) is 17.2 Å². The highest BCUT2D eigenvalue weighted by atomic mass is 16.2. The molecule has 1 aliphatic heterocycles. The Balaban J connectivity index is 1.67. The van der Waals surface area contributed by atoms with Crippen molar-refractivity contribution >= 4 is 29.0 Å². The number of nitrogens with one attached hydrogen (secondary N) is 2. The van der Waals surface area contributed by atoms with Crippen LogP contribution in [-0.2, 0) is 4.79 Å². The summed E-state index contributed by atoms with van der Waals surface area (Å²) >= 11 is 0. The van der Waals surface area contributed by atoms with Gasteiger partial charge in [0.05, 0.1) is 0 Å². The lowest BCUT2D eigenvalue weighted by Gasteiger charge is -2.14. The third-order valence-electron chi connectivity index (χ3n) is 3.73. The molecule has 3 rings (SSSR count). The number of carbonyl (C=O) groups is 2. The van der Waals surface area contributed by atoms with E-state index < -0.39 is 0 Å². The van der Waals surface area contributed by atoms with Crippen LogP contribution in [0, 0.1) is 0 Å². The molecule has 0 aliphatic carbocycles. The summed E-state index contributed by atoms with van der Waals surface area (Å²) in [6, 6.07) is 10.7. The fraction of sp³-hybridized carbons (Fsp3) is 0.294. The van der Waals surface area contributed by atoms with Crippen LogP contribution in [0.25, 0.3) is 0 Å². The molecule has 0 atom stereocenters. The summed E-state index contributed by atoms with van der Waals surface area (Å²) < 4.78 is 0. The summed E-state index contributed by atoms with van der Waals surface area (Å²) in [5.74, 6) is 0.337. The van der Waals surface area contributed by atoms with E-state index in [1.807, 2.05) is 12.1 Å². The number of hydrogen-bond acceptors (Lipinski definition) is 5. The second-order valence-corrected chi connectivity index (χ2v) is 5.69. The van der Waals surface area contributed by atoms with Gasteiger partial charge in [-0.15, -0.1) is 10.2 Å². The highest BCUT2D eigenvalue weighted by Crippen LogP contribution is 2.19. The van der Waals surface area contributed by atoms with Gasteiger partial charge in [0.25, 0.3) is 5.91 Å². The van der Waals surface area contributed by atoms with E-state index in [1.165, 1.54) is 6.92 Å². The minimum Gasteiger partial charge on any atom is -0.339 e. The number of likely N-dealkylation sites (tertiary alicyclic amines) is 1. The number of aromatic nitrogens is 2. The van der Waals surface area contributed by atoms with Crippen molar-refractivity contribution < 1.29 is 9.59 Å². The second kappa shape index (κ2) is 7.08. The second-order valence-electron chi connectivity index (χ2n) is 5.69. The number of benzene rings is 1. The largest absolute Gasteiger partial charge is 0.339 e. The van der Waals surface area contributed by atoms with Crippen LogP contribution in [0.1, 0.15) is 30.3 Å². The zero-order valence-electron chi connectivity index (χ0n) is 13.5. The Hall–Kier alpha value is -2.96. The predicted octanol–water partition coefficient (Wildman–Crippen LogP) is 2.41. The maximum atomic E-state index is 12.2. The minimum absolute atomic E-state index is 0.0702. The van der Waals surface area contributed by atoms with Crippen LogP contribution in [0.5, 0.6) is 0 Å². The van der Waals surface area contributed by atoms with Crippen molar-refractivity contribution in [3.05, 3.63) is 42.1 Å². The van der Waals surface area contributed by atoms with Crippen molar-refractivity contribution in [2.24, 2.45) is 0 Å². The van der Waals surface area contributed by atoms with Crippen LogP contribution in [-0.4, -0.2) is 40.0 Å². The van der Waals surface area contributed by atoms with Crippen molar-refractivity contribution in [3.63, 3.8) is 0 Å². The first-order valence-corrected chi connectivity index (χ1v) is 7.89. The van der Waals surface area contributed by atoms with Gasteiger partial charge in [-0.05, 0) is 43.2 Å². The maximum Gasteiger partial charge on any atom is 0.274 e. The van der Waals surface area contributed by atoms with Crippen LogP contribution in [0.2, 0.25) is 0 Å². The van der Waals surface area contributed by atoms with E-state index in [0.717, 1.165) is 31.6 Å². The van der Waals surface area contributed by atoms with Crippen LogP contribution < -0.4 is 10.6 Å². The van der Waals surface area contributed by atoms with Crippen molar-refractivity contribution in [3.8, 4) is 0 Å². The Morgan fingerprint density at radius 3 is 2.46 bits per heavy atom. The zero-order valence-corrected chi connectivity index (χ0v) is 13.5. The fourth-order valence-corrected chi connectivity index (χ4v) is 2.62. The summed E-state index contributed by atoms with van der Waals surface area (Å²) in [6.45, 7) is 3.04. The molecule has 24 heavy (non-hydrogen) atoms. The first-order chi connectivity index (χ1) is 11.6. The first kappa shape index (κ1) is 15.9. The Bertz CT molecular complexity index is 739. The molecule has 1 aromatic carbocycles. The van der Waals surface area contributed by atoms with E-state index in [-0.39, 0.29) is 11.8 Å². The summed E-state index contributed by atoms with van der Waals surface area (Å²) in [4.78, 5) is 25.1. The van der Waals surface area contributed by atoms with Gasteiger partial charge >= 0.3 is 0 Å². The number of amides is 2. The normalized spacial score (nSPS) is 13.6. The number of rotatable bonds is 4. The van der Waals surface area contributed by atoms with Gasteiger partial charge in [-0.2, -0.15) is 0 Å². The minimum atomic E-state index is -0.128. The molecule has 2 amide bonds.